The summed E-state index contributed by atoms with van der Waals surface area (Å²) in [7, 11) is -2.86. The van der Waals surface area contributed by atoms with Crippen LogP contribution < -0.4 is 14.8 Å². The molecule has 0 saturated heterocycles. The van der Waals surface area contributed by atoms with Gasteiger partial charge >= 0.3 is 18.0 Å². The van der Waals surface area contributed by atoms with E-state index in [1.807, 2.05) is 20.8 Å². The van der Waals surface area contributed by atoms with Crippen LogP contribution in [0.1, 0.15) is 32.3 Å². The molecule has 40 heavy (non-hydrogen) atoms. The summed E-state index contributed by atoms with van der Waals surface area (Å²) < 4.78 is 55.0. The summed E-state index contributed by atoms with van der Waals surface area (Å²) in [5.74, 6) is 0.575. The van der Waals surface area contributed by atoms with Crippen LogP contribution in [0.3, 0.4) is 0 Å². The number of nitrogens with one attached hydrogen (secondary N) is 1. The first-order valence-electron chi connectivity index (χ1n) is 12.7. The summed E-state index contributed by atoms with van der Waals surface area (Å²) in [6.45, 7) is 4.89. The summed E-state index contributed by atoms with van der Waals surface area (Å²) in [5.41, 5.74) is -2.77. The lowest BCUT2D eigenvalue weighted by Crippen LogP contribution is -2.60. The molecule has 0 spiro atoms. The van der Waals surface area contributed by atoms with E-state index in [0.29, 0.717) is 24.0 Å². The molecule has 3 aromatic rings. The van der Waals surface area contributed by atoms with Gasteiger partial charge in [0.1, 0.15) is 12.2 Å². The second kappa shape index (κ2) is 10.5. The van der Waals surface area contributed by atoms with Gasteiger partial charge in [-0.25, -0.2) is 14.3 Å². The van der Waals surface area contributed by atoms with E-state index in [1.54, 1.807) is 0 Å². The number of hydrogen-bond acceptors (Lipinski definition) is 7. The molecule has 3 aromatic heterocycles. The Hall–Kier alpha value is -2.85. The molecule has 1 unspecified atom stereocenters. The Morgan fingerprint density at radius 2 is 1.85 bits per heavy atom. The normalized spacial score (nSPS) is 19.1. The molecular weight excluding hydrogens is 590 g/mol. The zero-order valence-electron chi connectivity index (χ0n) is 21.9. The largest absolute Gasteiger partial charge is 0.426 e. The summed E-state index contributed by atoms with van der Waals surface area (Å²) in [6, 6.07) is 2.06. The second-order valence-corrected chi connectivity index (χ2v) is 15.2. The molecule has 2 aliphatic rings. The highest BCUT2D eigenvalue weighted by Crippen LogP contribution is 2.52. The van der Waals surface area contributed by atoms with Crippen LogP contribution >= 0.6 is 23.4 Å². The lowest BCUT2D eigenvalue weighted by atomic mass is 10.0. The average Bonchev–Trinajstić information content (AvgIpc) is 3.64. The molecule has 2 amide bonds. The summed E-state index contributed by atoms with van der Waals surface area (Å²) >= 11 is 12.5. The number of halogens is 5. The van der Waals surface area contributed by atoms with Gasteiger partial charge in [0.25, 0.3) is 0 Å². The highest BCUT2D eigenvalue weighted by atomic mass is 35.5. The van der Waals surface area contributed by atoms with Crippen LogP contribution in [0.15, 0.2) is 30.9 Å². The number of urea groups is 1. The summed E-state index contributed by atoms with van der Waals surface area (Å²) in [6.07, 6.45) is 0.648. The van der Waals surface area contributed by atoms with Gasteiger partial charge in [0.15, 0.2) is 32.7 Å². The van der Waals surface area contributed by atoms with Crippen molar-refractivity contribution < 1.29 is 27.0 Å². The fraction of sp³-hybridized carbons (Fsp3) is 0.478. The van der Waals surface area contributed by atoms with E-state index < -0.39 is 32.7 Å². The van der Waals surface area contributed by atoms with E-state index in [2.05, 4.69) is 25.5 Å². The predicted molar refractivity (Wildman–Crippen MR) is 142 cm³/mol. The molecule has 0 radical (unpaired) electrons. The third-order valence-corrected chi connectivity index (χ3v) is 12.7. The minimum absolute atomic E-state index is 0.00633. The molecule has 214 valence electrons. The Balaban J connectivity index is 1.57. The second-order valence-electron chi connectivity index (χ2n) is 9.63. The topological polar surface area (TPSA) is 105 Å². The number of pyridine rings is 1. The van der Waals surface area contributed by atoms with Crippen LogP contribution in [0, 0.1) is 0 Å². The number of carbonyl (C=O) groups is 1. The van der Waals surface area contributed by atoms with Gasteiger partial charge in [0.2, 0.25) is 5.60 Å². The van der Waals surface area contributed by atoms with Crippen molar-refractivity contribution in [3.8, 4) is 5.82 Å². The van der Waals surface area contributed by atoms with Gasteiger partial charge in [-0.2, -0.15) is 27.8 Å². The zero-order valence-corrected chi connectivity index (χ0v) is 24.4. The molecule has 0 aliphatic carbocycles. The van der Waals surface area contributed by atoms with Gasteiger partial charge in [0, 0.05) is 0 Å². The first kappa shape index (κ1) is 28.7. The molecule has 5 rings (SSSR count). The van der Waals surface area contributed by atoms with Crippen molar-refractivity contribution in [2.45, 2.75) is 63.9 Å². The van der Waals surface area contributed by atoms with Crippen LogP contribution in [0.2, 0.25) is 23.2 Å². The number of anilines is 2. The van der Waals surface area contributed by atoms with Crippen molar-refractivity contribution in [1.82, 2.24) is 29.4 Å². The maximum absolute atomic E-state index is 15.3. The van der Waals surface area contributed by atoms with E-state index in [1.165, 1.54) is 44.6 Å². The van der Waals surface area contributed by atoms with Gasteiger partial charge in [0.05, 0.1) is 35.8 Å². The third kappa shape index (κ3) is 4.72. The van der Waals surface area contributed by atoms with Crippen molar-refractivity contribution in [2.24, 2.45) is 0 Å². The maximum atomic E-state index is 15.3. The number of rotatable bonds is 7. The van der Waals surface area contributed by atoms with E-state index in [4.69, 9.17) is 27.8 Å². The Morgan fingerprint density at radius 1 is 1.18 bits per heavy atom. The van der Waals surface area contributed by atoms with Crippen LogP contribution in [0.5, 0.6) is 0 Å². The molecule has 0 fully saturated rings. The number of nitrogens with zero attached hydrogens (tertiary/aromatic N) is 8. The SMILES string of the molecule is CC[Si](CC)(CC)OC1(C(F)(F)F)CN(C(=O)Nc2cnc(-n3nccn3)c(Cl)c2)c2cnc3[n+](c21)CN(Cl)C3. The standard InChI is InChI=1S/C23H26Cl2F3N9O2Si/c1-4-40(5-2,6-3)39-22(23(26,27)28)13-35(17-11-29-18-12-34(25)14-36(18)19(17)22)21(38)33-15-9-16(24)20(30-10-15)37-31-7-8-32-37/h7-11H,4-6,12-14H2,1-3H3/p+1. The van der Waals surface area contributed by atoms with Crippen LogP contribution in [-0.4, -0.2) is 56.5 Å². The van der Waals surface area contributed by atoms with Crippen LogP contribution in [0.25, 0.3) is 5.82 Å². The van der Waals surface area contributed by atoms with Crippen molar-refractivity contribution >= 4 is 49.1 Å². The van der Waals surface area contributed by atoms with Gasteiger partial charge in [-0.05, 0) is 36.0 Å². The Bertz CT molecular complexity index is 1420. The number of hydrogen-bond donors (Lipinski definition) is 1. The first-order chi connectivity index (χ1) is 19.0. The number of amides is 2. The fourth-order valence-corrected chi connectivity index (χ4v) is 8.62. The van der Waals surface area contributed by atoms with Crippen molar-refractivity contribution in [2.75, 3.05) is 16.8 Å². The van der Waals surface area contributed by atoms with Crippen molar-refractivity contribution in [3.63, 3.8) is 0 Å². The first-order valence-corrected chi connectivity index (χ1v) is 15.9. The molecule has 0 aromatic carbocycles. The van der Waals surface area contributed by atoms with Crippen molar-refractivity contribution in [3.05, 3.63) is 47.4 Å². The van der Waals surface area contributed by atoms with Crippen molar-refractivity contribution in [1.29, 1.82) is 0 Å². The molecule has 1 N–H and O–H groups in total. The number of alkyl halides is 3. The number of carbonyl (C=O) groups excluding carboxylic acids is 1. The summed E-state index contributed by atoms with van der Waals surface area (Å²) in [5, 5.41) is 10.7. The predicted octanol–water partition coefficient (Wildman–Crippen LogP) is 4.76. The zero-order chi connectivity index (χ0) is 28.9. The summed E-state index contributed by atoms with van der Waals surface area (Å²) in [4.78, 5) is 24.3. The van der Waals surface area contributed by atoms with Crippen LogP contribution in [-0.2, 0) is 23.2 Å². The highest BCUT2D eigenvalue weighted by Gasteiger charge is 2.69. The Labute approximate surface area is 239 Å². The quantitative estimate of drug-likeness (QED) is 0.232. The van der Waals surface area contributed by atoms with E-state index in [0.717, 1.165) is 4.90 Å². The van der Waals surface area contributed by atoms with Gasteiger partial charge in [-0.3, -0.25) is 4.90 Å². The Kier molecular flexibility index (Phi) is 7.54. The smallest absolute Gasteiger partial charge is 0.396 e. The molecular formula is C23H27Cl2F3N9O2Si+. The average molecular weight is 618 g/mol. The monoisotopic (exact) mass is 616 g/mol. The maximum Gasteiger partial charge on any atom is 0.426 e. The van der Waals surface area contributed by atoms with Crippen LogP contribution in [0.4, 0.5) is 29.3 Å². The lowest BCUT2D eigenvalue weighted by Gasteiger charge is -2.40. The van der Waals surface area contributed by atoms with E-state index in [9.17, 15) is 4.79 Å². The van der Waals surface area contributed by atoms with Gasteiger partial charge in [-0.1, -0.05) is 37.4 Å². The number of fused-ring (bicyclic) bond motifs is 3. The molecule has 2 aliphatic heterocycles. The molecule has 17 heteroatoms. The lowest BCUT2D eigenvalue weighted by molar-refractivity contribution is -0.716. The molecule has 0 saturated carbocycles. The minimum atomic E-state index is -4.85. The third-order valence-electron chi connectivity index (χ3n) is 7.53. The number of aromatic nitrogens is 6. The minimum Gasteiger partial charge on any atom is -0.396 e. The fourth-order valence-electron chi connectivity index (χ4n) is 5.22. The molecule has 5 heterocycles. The molecule has 11 nitrogen and oxygen atoms in total. The molecule has 1 atom stereocenters. The van der Waals surface area contributed by atoms with E-state index >= 15 is 13.2 Å². The molecule has 0 bridgehead atoms. The highest BCUT2D eigenvalue weighted by molar-refractivity contribution is 6.73. The Morgan fingerprint density at radius 3 is 2.45 bits per heavy atom. The van der Waals surface area contributed by atoms with Gasteiger partial charge in [-0.15, -0.1) is 4.80 Å². The van der Waals surface area contributed by atoms with Gasteiger partial charge < -0.3 is 9.74 Å². The van der Waals surface area contributed by atoms with E-state index in [-0.39, 0.29) is 41.1 Å².